The average Bonchev–Trinajstić information content (AvgIpc) is 2.64. The number of hydrogen-bond donors (Lipinski definition) is 0. The van der Waals surface area contributed by atoms with Crippen LogP contribution in [0.25, 0.3) is 11.6 Å². The highest BCUT2D eigenvalue weighted by molar-refractivity contribution is 5.90. The molecule has 0 atom stereocenters. The highest BCUT2D eigenvalue weighted by atomic mass is 16.5. The van der Waals surface area contributed by atoms with E-state index in [0.717, 1.165) is 16.9 Å². The van der Waals surface area contributed by atoms with Crippen LogP contribution in [0.5, 0.6) is 17.2 Å². The molecule has 2 rings (SSSR count). The van der Waals surface area contributed by atoms with Crippen LogP contribution in [0.2, 0.25) is 0 Å². The molecule has 0 bridgehead atoms. The fourth-order valence-corrected chi connectivity index (χ4v) is 2.17. The van der Waals surface area contributed by atoms with E-state index in [0.29, 0.717) is 23.7 Å². The molecule has 0 aliphatic rings. The van der Waals surface area contributed by atoms with Gasteiger partial charge in [0, 0.05) is 0 Å². The van der Waals surface area contributed by atoms with Gasteiger partial charge in [-0.1, -0.05) is 24.8 Å². The van der Waals surface area contributed by atoms with E-state index in [4.69, 9.17) is 14.2 Å². The van der Waals surface area contributed by atoms with Gasteiger partial charge in [-0.3, -0.25) is 0 Å². The quantitative estimate of drug-likeness (QED) is 0.432. The maximum atomic E-state index is 9.48. The second-order valence-corrected chi connectivity index (χ2v) is 4.91. The number of nitrogens with zero attached hydrogens (tertiary/aromatic N) is 1. The summed E-state index contributed by atoms with van der Waals surface area (Å²) >= 11 is 0. The van der Waals surface area contributed by atoms with Gasteiger partial charge in [-0.05, 0) is 47.5 Å². The Balaban J connectivity index is 2.29. The third kappa shape index (κ3) is 4.17. The van der Waals surface area contributed by atoms with Gasteiger partial charge in [0.25, 0.3) is 0 Å². The summed E-state index contributed by atoms with van der Waals surface area (Å²) in [6.07, 6.45) is 3.51. The predicted octanol–water partition coefficient (Wildman–Crippen LogP) is 4.33. The van der Waals surface area contributed by atoms with Crippen molar-refractivity contribution in [2.24, 2.45) is 0 Å². The Kier molecular flexibility index (Phi) is 6.04. The van der Waals surface area contributed by atoms with E-state index in [1.807, 2.05) is 36.4 Å². The number of ether oxygens (including phenoxy) is 3. The minimum absolute atomic E-state index is 0.463. The van der Waals surface area contributed by atoms with Crippen molar-refractivity contribution in [2.75, 3.05) is 20.8 Å². The van der Waals surface area contributed by atoms with Crippen LogP contribution in [0, 0.1) is 11.3 Å². The van der Waals surface area contributed by atoms with E-state index in [1.54, 1.807) is 32.4 Å². The van der Waals surface area contributed by atoms with Crippen LogP contribution in [0.15, 0.2) is 55.1 Å². The van der Waals surface area contributed by atoms with Gasteiger partial charge in [0.2, 0.25) is 0 Å². The minimum atomic E-state index is 0.463. The van der Waals surface area contributed by atoms with Gasteiger partial charge in [0.15, 0.2) is 11.5 Å². The molecule has 4 nitrogen and oxygen atoms in total. The summed E-state index contributed by atoms with van der Waals surface area (Å²) in [4.78, 5) is 0. The van der Waals surface area contributed by atoms with E-state index in [2.05, 4.69) is 12.6 Å². The first kappa shape index (κ1) is 17.2. The molecule has 0 unspecified atom stereocenters. The molecule has 0 saturated heterocycles. The van der Waals surface area contributed by atoms with Gasteiger partial charge in [-0.2, -0.15) is 5.26 Å². The number of hydrogen-bond acceptors (Lipinski definition) is 4. The first-order chi connectivity index (χ1) is 11.7. The van der Waals surface area contributed by atoms with Crippen LogP contribution in [-0.4, -0.2) is 20.8 Å². The number of benzene rings is 2. The molecule has 0 heterocycles. The molecule has 0 fully saturated rings. The minimum Gasteiger partial charge on any atom is -0.493 e. The Morgan fingerprint density at radius 3 is 2.38 bits per heavy atom. The third-order valence-corrected chi connectivity index (χ3v) is 3.37. The van der Waals surface area contributed by atoms with Crippen molar-refractivity contribution in [3.05, 3.63) is 66.2 Å². The topological polar surface area (TPSA) is 51.5 Å². The largest absolute Gasteiger partial charge is 0.493 e. The summed E-state index contributed by atoms with van der Waals surface area (Å²) in [6.45, 7) is 4.08. The van der Waals surface area contributed by atoms with Crippen molar-refractivity contribution in [1.82, 2.24) is 0 Å². The van der Waals surface area contributed by atoms with Crippen molar-refractivity contribution < 1.29 is 14.2 Å². The summed E-state index contributed by atoms with van der Waals surface area (Å²) in [5, 5.41) is 9.48. The van der Waals surface area contributed by atoms with Gasteiger partial charge in [-0.25, -0.2) is 0 Å². The van der Waals surface area contributed by atoms with E-state index >= 15 is 0 Å². The second kappa shape index (κ2) is 8.44. The fraction of sp³-hybridized carbons (Fsp3) is 0.150. The first-order valence-corrected chi connectivity index (χ1v) is 7.39. The molecule has 0 saturated carbocycles. The second-order valence-electron chi connectivity index (χ2n) is 4.91. The van der Waals surface area contributed by atoms with Gasteiger partial charge < -0.3 is 14.2 Å². The Morgan fingerprint density at radius 1 is 1.08 bits per heavy atom. The van der Waals surface area contributed by atoms with Crippen LogP contribution >= 0.6 is 0 Å². The zero-order chi connectivity index (χ0) is 17.4. The third-order valence-electron chi connectivity index (χ3n) is 3.37. The lowest BCUT2D eigenvalue weighted by molar-refractivity contribution is 0.355. The summed E-state index contributed by atoms with van der Waals surface area (Å²) in [7, 11) is 3.15. The lowest BCUT2D eigenvalue weighted by atomic mass is 10.0. The Labute approximate surface area is 142 Å². The number of nitriles is 1. The molecule has 0 N–H and O–H groups in total. The van der Waals surface area contributed by atoms with E-state index in [9.17, 15) is 5.26 Å². The van der Waals surface area contributed by atoms with Crippen LogP contribution in [-0.2, 0) is 0 Å². The van der Waals surface area contributed by atoms with Crippen molar-refractivity contribution in [2.45, 2.75) is 0 Å². The number of allylic oxidation sites excluding steroid dienone is 1. The normalized spacial score (nSPS) is 10.6. The molecule has 122 valence electrons. The molecule has 0 aromatic heterocycles. The molecule has 0 spiro atoms. The molecule has 2 aromatic carbocycles. The van der Waals surface area contributed by atoms with Gasteiger partial charge >= 0.3 is 0 Å². The molecule has 2 aromatic rings. The highest BCUT2D eigenvalue weighted by Gasteiger charge is 2.08. The highest BCUT2D eigenvalue weighted by Crippen LogP contribution is 2.31. The van der Waals surface area contributed by atoms with Crippen LogP contribution in [0.4, 0.5) is 0 Å². The van der Waals surface area contributed by atoms with Crippen LogP contribution in [0.1, 0.15) is 11.1 Å². The predicted molar refractivity (Wildman–Crippen MR) is 95.2 cm³/mol. The monoisotopic (exact) mass is 321 g/mol. The molecule has 4 heteroatoms. The van der Waals surface area contributed by atoms with Crippen molar-refractivity contribution >= 4 is 11.6 Å². The zero-order valence-electron chi connectivity index (χ0n) is 13.8. The van der Waals surface area contributed by atoms with E-state index in [1.165, 1.54) is 0 Å². The van der Waals surface area contributed by atoms with Crippen LogP contribution < -0.4 is 14.2 Å². The summed E-state index contributed by atoms with van der Waals surface area (Å²) in [5.41, 5.74) is 2.21. The SMILES string of the molecule is C=CCOc1ccc(C=C(C#N)c2ccc(OC)c(OC)c2)cc1. The Morgan fingerprint density at radius 2 is 1.79 bits per heavy atom. The smallest absolute Gasteiger partial charge is 0.161 e. The zero-order valence-corrected chi connectivity index (χ0v) is 13.8. The Hall–Kier alpha value is -3.19. The molecule has 0 aliphatic heterocycles. The van der Waals surface area contributed by atoms with Gasteiger partial charge in [0.05, 0.1) is 25.9 Å². The average molecular weight is 321 g/mol. The lowest BCUT2D eigenvalue weighted by Gasteiger charge is -2.09. The van der Waals surface area contributed by atoms with Crippen molar-refractivity contribution in [3.63, 3.8) is 0 Å². The van der Waals surface area contributed by atoms with Gasteiger partial charge in [0.1, 0.15) is 12.4 Å². The standard InChI is InChI=1S/C20H19NO3/c1-4-11-24-18-8-5-15(6-9-18)12-17(14-21)16-7-10-19(22-2)20(13-16)23-3/h4-10,12-13H,1,11H2,2-3H3. The lowest BCUT2D eigenvalue weighted by Crippen LogP contribution is -1.93. The molecule has 0 aliphatic carbocycles. The molecule has 0 amide bonds. The maximum Gasteiger partial charge on any atom is 0.161 e. The summed E-state index contributed by atoms with van der Waals surface area (Å²) in [6, 6.07) is 15.1. The summed E-state index contributed by atoms with van der Waals surface area (Å²) < 4.78 is 16.0. The maximum absolute atomic E-state index is 9.48. The number of methoxy groups -OCH3 is 2. The molecule has 24 heavy (non-hydrogen) atoms. The summed E-state index contributed by atoms with van der Waals surface area (Å²) in [5.74, 6) is 1.98. The Bertz CT molecular complexity index is 770. The fourth-order valence-electron chi connectivity index (χ4n) is 2.17. The van der Waals surface area contributed by atoms with Crippen molar-refractivity contribution in [1.29, 1.82) is 5.26 Å². The van der Waals surface area contributed by atoms with Crippen LogP contribution in [0.3, 0.4) is 0 Å². The van der Waals surface area contributed by atoms with Crippen molar-refractivity contribution in [3.8, 4) is 23.3 Å². The molecule has 0 radical (unpaired) electrons. The molecular formula is C20H19NO3. The first-order valence-electron chi connectivity index (χ1n) is 7.39. The van der Waals surface area contributed by atoms with Gasteiger partial charge in [-0.15, -0.1) is 0 Å². The molecular weight excluding hydrogens is 302 g/mol. The van der Waals surface area contributed by atoms with E-state index in [-0.39, 0.29) is 0 Å². The van der Waals surface area contributed by atoms with E-state index < -0.39 is 0 Å². The number of rotatable bonds is 7.